The van der Waals surface area contributed by atoms with Gasteiger partial charge in [0.05, 0.1) is 11.6 Å². The van der Waals surface area contributed by atoms with Crippen molar-refractivity contribution in [3.8, 4) is 6.07 Å². The third kappa shape index (κ3) is 3.80. The molecule has 0 saturated carbocycles. The van der Waals surface area contributed by atoms with Crippen LogP contribution in [0.1, 0.15) is 16.7 Å². The van der Waals surface area contributed by atoms with Crippen LogP contribution in [-0.2, 0) is 11.2 Å². The third-order valence-electron chi connectivity index (χ3n) is 3.10. The molecule has 0 unspecified atom stereocenters. The molecule has 0 aliphatic rings. The minimum atomic E-state index is 0.0191. The van der Waals surface area contributed by atoms with Crippen LogP contribution in [0.15, 0.2) is 60.8 Å². The molecule has 0 atom stereocenters. The Bertz CT molecular complexity index is 697. The number of carbonyl (C=O) groups is 1. The molecule has 0 radical (unpaired) electrons. The van der Waals surface area contributed by atoms with Crippen LogP contribution in [0.5, 0.6) is 0 Å². The molecule has 0 aliphatic heterocycles. The Morgan fingerprint density at radius 3 is 2.62 bits per heavy atom. The number of rotatable bonds is 5. The largest absolute Gasteiger partial charge is 0.393 e. The molecule has 0 fully saturated rings. The van der Waals surface area contributed by atoms with Crippen LogP contribution in [-0.4, -0.2) is 12.8 Å². The van der Waals surface area contributed by atoms with E-state index in [-0.39, 0.29) is 5.78 Å². The summed E-state index contributed by atoms with van der Waals surface area (Å²) in [7, 11) is 1.75. The van der Waals surface area contributed by atoms with Gasteiger partial charge in [0, 0.05) is 25.2 Å². The Labute approximate surface area is 124 Å². The van der Waals surface area contributed by atoms with E-state index in [9.17, 15) is 4.79 Å². The van der Waals surface area contributed by atoms with Crippen LogP contribution in [0.4, 0.5) is 0 Å². The number of benzene rings is 2. The number of hydrogen-bond acceptors (Lipinski definition) is 3. The van der Waals surface area contributed by atoms with Gasteiger partial charge in [0.15, 0.2) is 5.78 Å². The number of carbonyl (C=O) groups excluding carboxylic acids is 1. The normalized spacial score (nSPS) is 10.8. The third-order valence-corrected chi connectivity index (χ3v) is 3.10. The zero-order valence-corrected chi connectivity index (χ0v) is 11.8. The number of nitrogens with zero attached hydrogens (tertiary/aromatic N) is 1. The molecule has 2 aromatic carbocycles. The summed E-state index contributed by atoms with van der Waals surface area (Å²) < 4.78 is 0. The van der Waals surface area contributed by atoms with Crippen LogP contribution in [0.2, 0.25) is 0 Å². The van der Waals surface area contributed by atoms with E-state index in [1.54, 1.807) is 31.4 Å². The molecule has 2 aromatic rings. The van der Waals surface area contributed by atoms with Gasteiger partial charge in [0.25, 0.3) is 0 Å². The topological polar surface area (TPSA) is 52.9 Å². The summed E-state index contributed by atoms with van der Waals surface area (Å²) in [6.07, 6.45) is 2.02. The first-order chi connectivity index (χ1) is 10.2. The molecule has 3 nitrogen and oxygen atoms in total. The van der Waals surface area contributed by atoms with E-state index in [4.69, 9.17) is 5.26 Å². The predicted octanol–water partition coefficient (Wildman–Crippen LogP) is 2.93. The first-order valence-electron chi connectivity index (χ1n) is 6.69. The predicted molar refractivity (Wildman–Crippen MR) is 83.3 cm³/mol. The summed E-state index contributed by atoms with van der Waals surface area (Å²) in [6, 6.07) is 18.8. The highest BCUT2D eigenvalue weighted by molar-refractivity contribution is 6.21. The van der Waals surface area contributed by atoms with Crippen LogP contribution in [0.25, 0.3) is 5.57 Å². The second-order valence-electron chi connectivity index (χ2n) is 4.62. The molecule has 21 heavy (non-hydrogen) atoms. The Kier molecular flexibility index (Phi) is 4.89. The summed E-state index contributed by atoms with van der Waals surface area (Å²) in [5.41, 5.74) is 2.85. The molecule has 0 spiro atoms. The molecule has 1 N–H and O–H groups in total. The molecule has 2 rings (SSSR count). The fourth-order valence-corrected chi connectivity index (χ4v) is 2.10. The smallest absolute Gasteiger partial charge is 0.169 e. The molecular formula is C18H16N2O. The highest BCUT2D eigenvalue weighted by Crippen LogP contribution is 2.18. The minimum Gasteiger partial charge on any atom is -0.393 e. The summed E-state index contributed by atoms with van der Waals surface area (Å²) in [5.74, 6) is 0.0191. The van der Waals surface area contributed by atoms with Crippen molar-refractivity contribution in [1.29, 1.82) is 5.26 Å². The van der Waals surface area contributed by atoms with E-state index in [0.717, 1.165) is 11.1 Å². The van der Waals surface area contributed by atoms with Gasteiger partial charge in [0.2, 0.25) is 0 Å². The lowest BCUT2D eigenvalue weighted by molar-refractivity contribution is -0.113. The zero-order chi connectivity index (χ0) is 15.1. The highest BCUT2D eigenvalue weighted by Gasteiger charge is 2.13. The number of ketones is 1. The van der Waals surface area contributed by atoms with Crippen LogP contribution in [0, 0.1) is 11.3 Å². The summed E-state index contributed by atoms with van der Waals surface area (Å²) in [4.78, 5) is 12.5. The molecular weight excluding hydrogens is 260 g/mol. The van der Waals surface area contributed by atoms with Crippen molar-refractivity contribution in [2.45, 2.75) is 6.42 Å². The lowest BCUT2D eigenvalue weighted by atomic mass is 9.96. The van der Waals surface area contributed by atoms with Gasteiger partial charge in [-0.3, -0.25) is 4.79 Å². The van der Waals surface area contributed by atoms with Crippen LogP contribution >= 0.6 is 0 Å². The molecule has 0 heterocycles. The fraction of sp³-hybridized carbons (Fsp3) is 0.111. The van der Waals surface area contributed by atoms with E-state index in [1.807, 2.05) is 36.4 Å². The van der Waals surface area contributed by atoms with Gasteiger partial charge in [-0.05, 0) is 23.3 Å². The van der Waals surface area contributed by atoms with Gasteiger partial charge in [-0.25, -0.2) is 0 Å². The molecule has 3 heteroatoms. The highest BCUT2D eigenvalue weighted by atomic mass is 16.1. The lowest BCUT2D eigenvalue weighted by Gasteiger charge is -2.08. The number of nitrogens with one attached hydrogen (secondary N) is 1. The van der Waals surface area contributed by atoms with E-state index in [1.165, 1.54) is 0 Å². The van der Waals surface area contributed by atoms with E-state index in [2.05, 4.69) is 11.4 Å². The van der Waals surface area contributed by atoms with Gasteiger partial charge in [-0.15, -0.1) is 0 Å². The van der Waals surface area contributed by atoms with Crippen LogP contribution in [0.3, 0.4) is 0 Å². The standard InChI is InChI=1S/C18H16N2O/c1-20-13-17(16-9-5-8-15(10-16)12-19)18(21)11-14-6-3-2-4-7-14/h2-10,13,20H,11H2,1H3. The summed E-state index contributed by atoms with van der Waals surface area (Å²) >= 11 is 0. The second-order valence-corrected chi connectivity index (χ2v) is 4.62. The second kappa shape index (κ2) is 7.06. The average molecular weight is 276 g/mol. The number of nitriles is 1. The SMILES string of the molecule is CNC=C(C(=O)Cc1ccccc1)c1cccc(C#N)c1. The first kappa shape index (κ1) is 14.5. The molecule has 0 saturated heterocycles. The van der Waals surface area contributed by atoms with Gasteiger partial charge in [-0.2, -0.15) is 5.26 Å². The monoisotopic (exact) mass is 276 g/mol. The van der Waals surface area contributed by atoms with Crippen molar-refractivity contribution in [2.75, 3.05) is 7.05 Å². The maximum absolute atomic E-state index is 12.5. The van der Waals surface area contributed by atoms with Crippen molar-refractivity contribution < 1.29 is 4.79 Å². The zero-order valence-electron chi connectivity index (χ0n) is 11.8. The van der Waals surface area contributed by atoms with Gasteiger partial charge < -0.3 is 5.32 Å². The summed E-state index contributed by atoms with van der Waals surface area (Å²) in [5, 5.41) is 11.9. The van der Waals surface area contributed by atoms with Crippen molar-refractivity contribution in [2.24, 2.45) is 0 Å². The molecule has 104 valence electrons. The van der Waals surface area contributed by atoms with Crippen LogP contribution < -0.4 is 5.32 Å². The quantitative estimate of drug-likeness (QED) is 0.854. The number of Topliss-reactive ketones (excluding diaryl/α,β-unsaturated/α-hetero) is 1. The van der Waals surface area contributed by atoms with E-state index < -0.39 is 0 Å². The van der Waals surface area contributed by atoms with E-state index in [0.29, 0.717) is 17.6 Å². The Hall–Kier alpha value is -2.86. The maximum atomic E-state index is 12.5. The molecule has 0 bridgehead atoms. The number of hydrogen-bond donors (Lipinski definition) is 1. The Morgan fingerprint density at radius 1 is 1.19 bits per heavy atom. The average Bonchev–Trinajstić information content (AvgIpc) is 2.53. The minimum absolute atomic E-state index is 0.0191. The lowest BCUT2D eigenvalue weighted by Crippen LogP contribution is -2.09. The summed E-state index contributed by atoms with van der Waals surface area (Å²) in [6.45, 7) is 0. The van der Waals surface area contributed by atoms with Crippen molar-refractivity contribution in [3.05, 3.63) is 77.5 Å². The van der Waals surface area contributed by atoms with Gasteiger partial charge in [0.1, 0.15) is 0 Å². The Balaban J connectivity index is 2.29. The molecule has 0 amide bonds. The Morgan fingerprint density at radius 2 is 1.95 bits per heavy atom. The number of allylic oxidation sites excluding steroid dienone is 1. The van der Waals surface area contributed by atoms with Crippen molar-refractivity contribution in [1.82, 2.24) is 5.32 Å². The molecule has 0 aromatic heterocycles. The van der Waals surface area contributed by atoms with E-state index >= 15 is 0 Å². The van der Waals surface area contributed by atoms with Gasteiger partial charge in [-0.1, -0.05) is 42.5 Å². The fourth-order valence-electron chi connectivity index (χ4n) is 2.10. The molecule has 0 aliphatic carbocycles. The first-order valence-corrected chi connectivity index (χ1v) is 6.69. The maximum Gasteiger partial charge on any atom is 0.169 e. The van der Waals surface area contributed by atoms with Gasteiger partial charge >= 0.3 is 0 Å². The van der Waals surface area contributed by atoms with Crippen molar-refractivity contribution >= 4 is 11.4 Å². The van der Waals surface area contributed by atoms with Crippen molar-refractivity contribution in [3.63, 3.8) is 0 Å².